The van der Waals surface area contributed by atoms with Crippen molar-refractivity contribution in [3.63, 3.8) is 0 Å². The highest BCUT2D eigenvalue weighted by molar-refractivity contribution is 9.10. The van der Waals surface area contributed by atoms with Crippen molar-refractivity contribution in [3.05, 3.63) is 34.9 Å². The van der Waals surface area contributed by atoms with Crippen LogP contribution < -0.4 is 4.74 Å². The molecule has 0 aliphatic heterocycles. The first-order chi connectivity index (χ1) is 7.46. The fraction of sp³-hybridized carbons (Fsp3) is 0.100. The van der Waals surface area contributed by atoms with Gasteiger partial charge < -0.3 is 4.74 Å². The largest absolute Gasteiger partial charge is 0.573 e. The molecule has 2 aromatic rings. The predicted molar refractivity (Wildman–Crippen MR) is 56.1 cm³/mol. The third-order valence-electron chi connectivity index (χ3n) is 1.87. The highest BCUT2D eigenvalue weighted by Crippen LogP contribution is 2.30. The maximum absolute atomic E-state index is 12.0. The molecular weight excluding hydrogens is 287 g/mol. The van der Waals surface area contributed by atoms with E-state index in [1.807, 2.05) is 0 Å². The van der Waals surface area contributed by atoms with Crippen LogP contribution in [-0.2, 0) is 0 Å². The van der Waals surface area contributed by atoms with E-state index in [1.165, 1.54) is 12.1 Å². The monoisotopic (exact) mass is 291 g/mol. The Morgan fingerprint density at radius 3 is 2.69 bits per heavy atom. The number of hydrogen-bond donors (Lipinski definition) is 0. The lowest BCUT2D eigenvalue weighted by Gasteiger charge is -2.10. The van der Waals surface area contributed by atoms with Gasteiger partial charge in [-0.15, -0.1) is 13.2 Å². The number of rotatable bonds is 1. The van der Waals surface area contributed by atoms with E-state index in [1.54, 1.807) is 18.3 Å². The number of benzene rings is 1. The summed E-state index contributed by atoms with van der Waals surface area (Å²) in [6.07, 6.45) is -3.12. The number of alkyl halides is 3. The summed E-state index contributed by atoms with van der Waals surface area (Å²) in [5.74, 6) is -0.264. The Morgan fingerprint density at radius 2 is 2.00 bits per heavy atom. The summed E-state index contributed by atoms with van der Waals surface area (Å²) in [6.45, 7) is 0. The Kier molecular flexibility index (Phi) is 2.75. The van der Waals surface area contributed by atoms with Crippen molar-refractivity contribution < 1.29 is 17.9 Å². The van der Waals surface area contributed by atoms with Crippen LogP contribution in [0.1, 0.15) is 0 Å². The van der Waals surface area contributed by atoms with Crippen LogP contribution in [-0.4, -0.2) is 11.3 Å². The fourth-order valence-corrected chi connectivity index (χ4v) is 1.87. The number of halogens is 4. The van der Waals surface area contributed by atoms with E-state index in [-0.39, 0.29) is 5.75 Å². The lowest BCUT2D eigenvalue weighted by atomic mass is 10.2. The van der Waals surface area contributed by atoms with Crippen molar-refractivity contribution in [2.24, 2.45) is 0 Å². The molecule has 6 heteroatoms. The van der Waals surface area contributed by atoms with Crippen LogP contribution in [0.5, 0.6) is 5.75 Å². The van der Waals surface area contributed by atoms with E-state index in [9.17, 15) is 13.2 Å². The van der Waals surface area contributed by atoms with E-state index >= 15 is 0 Å². The van der Waals surface area contributed by atoms with Crippen LogP contribution in [0, 0.1) is 0 Å². The minimum Gasteiger partial charge on any atom is -0.406 e. The second-order valence-electron chi connectivity index (χ2n) is 3.03. The molecule has 0 radical (unpaired) electrons. The lowest BCUT2D eigenvalue weighted by molar-refractivity contribution is -0.274. The topological polar surface area (TPSA) is 22.1 Å². The number of ether oxygens (including phenoxy) is 1. The Balaban J connectivity index is 2.50. The van der Waals surface area contributed by atoms with Gasteiger partial charge in [0.25, 0.3) is 0 Å². The van der Waals surface area contributed by atoms with Gasteiger partial charge in [-0.3, -0.25) is 4.98 Å². The van der Waals surface area contributed by atoms with E-state index in [2.05, 4.69) is 25.7 Å². The van der Waals surface area contributed by atoms with E-state index in [0.29, 0.717) is 15.4 Å². The Morgan fingerprint density at radius 1 is 1.25 bits per heavy atom. The maximum Gasteiger partial charge on any atom is 0.573 e. The van der Waals surface area contributed by atoms with Gasteiger partial charge in [0.15, 0.2) is 0 Å². The highest BCUT2D eigenvalue weighted by atomic mass is 79.9. The first kappa shape index (κ1) is 11.2. The van der Waals surface area contributed by atoms with Crippen LogP contribution in [0.4, 0.5) is 13.2 Å². The first-order valence-electron chi connectivity index (χ1n) is 4.26. The first-order valence-corrected chi connectivity index (χ1v) is 5.05. The summed E-state index contributed by atoms with van der Waals surface area (Å²) in [5.41, 5.74) is 0.594. The molecule has 0 aliphatic carbocycles. The van der Waals surface area contributed by atoms with Crippen molar-refractivity contribution in [1.29, 1.82) is 0 Å². The average molecular weight is 292 g/mol. The molecule has 0 bridgehead atoms. The summed E-state index contributed by atoms with van der Waals surface area (Å²) >= 11 is 3.15. The summed E-state index contributed by atoms with van der Waals surface area (Å²) in [7, 11) is 0. The van der Waals surface area contributed by atoms with Gasteiger partial charge in [-0.2, -0.15) is 0 Å². The quantitative estimate of drug-likeness (QED) is 0.795. The second kappa shape index (κ2) is 3.93. The minimum atomic E-state index is -4.69. The molecule has 0 fully saturated rings. The highest BCUT2D eigenvalue weighted by Gasteiger charge is 2.31. The number of pyridine rings is 1. The summed E-state index contributed by atoms with van der Waals surface area (Å²) in [5, 5.41) is 0.580. The molecule has 1 heterocycles. The van der Waals surface area contributed by atoms with Crippen LogP contribution in [0.3, 0.4) is 0 Å². The van der Waals surface area contributed by atoms with E-state index < -0.39 is 6.36 Å². The van der Waals surface area contributed by atoms with E-state index in [4.69, 9.17) is 0 Å². The summed E-state index contributed by atoms with van der Waals surface area (Å²) < 4.78 is 40.4. The van der Waals surface area contributed by atoms with Crippen molar-refractivity contribution in [1.82, 2.24) is 4.98 Å². The maximum atomic E-state index is 12.0. The predicted octanol–water partition coefficient (Wildman–Crippen LogP) is 3.90. The van der Waals surface area contributed by atoms with Crippen LogP contribution >= 0.6 is 15.9 Å². The summed E-state index contributed by atoms with van der Waals surface area (Å²) in [6, 6.07) is 5.84. The molecule has 0 aliphatic rings. The molecule has 84 valence electrons. The molecule has 2 rings (SSSR count). The van der Waals surface area contributed by atoms with Crippen LogP contribution in [0.15, 0.2) is 34.9 Å². The third kappa shape index (κ3) is 2.44. The Labute approximate surface area is 97.2 Å². The van der Waals surface area contributed by atoms with Gasteiger partial charge in [0, 0.05) is 16.1 Å². The van der Waals surface area contributed by atoms with Gasteiger partial charge in [-0.05, 0) is 34.1 Å². The molecule has 0 N–H and O–H groups in total. The van der Waals surface area contributed by atoms with Gasteiger partial charge >= 0.3 is 6.36 Å². The smallest absolute Gasteiger partial charge is 0.406 e. The number of aromatic nitrogens is 1. The molecule has 1 aromatic carbocycles. The molecule has 0 unspecified atom stereocenters. The Hall–Kier alpha value is -1.30. The summed E-state index contributed by atoms with van der Waals surface area (Å²) in [4.78, 5) is 4.03. The zero-order valence-corrected chi connectivity index (χ0v) is 9.34. The lowest BCUT2D eigenvalue weighted by Crippen LogP contribution is -2.17. The normalized spacial score (nSPS) is 11.8. The number of hydrogen-bond acceptors (Lipinski definition) is 2. The molecule has 0 atom stereocenters. The van der Waals surface area contributed by atoms with Gasteiger partial charge in [-0.1, -0.05) is 6.07 Å². The van der Waals surface area contributed by atoms with Crippen molar-refractivity contribution in [2.45, 2.75) is 6.36 Å². The number of nitrogens with zero attached hydrogens (tertiary/aromatic N) is 1. The molecule has 16 heavy (non-hydrogen) atoms. The average Bonchev–Trinajstić information content (AvgIpc) is 2.15. The van der Waals surface area contributed by atoms with Crippen molar-refractivity contribution >= 4 is 26.8 Å². The van der Waals surface area contributed by atoms with Gasteiger partial charge in [0.2, 0.25) is 0 Å². The molecule has 0 saturated heterocycles. The zero-order valence-electron chi connectivity index (χ0n) is 7.75. The Bertz CT molecular complexity index is 527. The van der Waals surface area contributed by atoms with Crippen LogP contribution in [0.25, 0.3) is 10.9 Å². The van der Waals surface area contributed by atoms with Crippen LogP contribution in [0.2, 0.25) is 0 Å². The fourth-order valence-electron chi connectivity index (χ4n) is 1.31. The molecule has 0 saturated carbocycles. The third-order valence-corrected chi connectivity index (χ3v) is 2.47. The molecule has 0 amide bonds. The van der Waals surface area contributed by atoms with Crippen molar-refractivity contribution in [2.75, 3.05) is 0 Å². The van der Waals surface area contributed by atoms with Crippen molar-refractivity contribution in [3.8, 4) is 5.75 Å². The molecule has 2 nitrogen and oxygen atoms in total. The van der Waals surface area contributed by atoms with Gasteiger partial charge in [0.1, 0.15) is 5.75 Å². The standard InChI is InChI=1S/C10H5BrF3NO/c11-8-5-7(16-10(12,13)14)4-6-2-1-3-15-9(6)8/h1-5H. The minimum absolute atomic E-state index is 0.264. The molecular formula is C10H5BrF3NO. The zero-order chi connectivity index (χ0) is 11.8. The second-order valence-corrected chi connectivity index (χ2v) is 3.88. The van der Waals surface area contributed by atoms with E-state index in [0.717, 1.165) is 0 Å². The molecule has 1 aromatic heterocycles. The SMILES string of the molecule is FC(F)(F)Oc1cc(Br)c2ncccc2c1. The number of fused-ring (bicyclic) bond motifs is 1. The molecule has 0 spiro atoms. The van der Waals surface area contributed by atoms with Gasteiger partial charge in [-0.25, -0.2) is 0 Å². The van der Waals surface area contributed by atoms with Gasteiger partial charge in [0.05, 0.1) is 5.52 Å².